The first kappa shape index (κ1) is 71.6. The predicted octanol–water partition coefficient (Wildman–Crippen LogP) is 0.208. The van der Waals surface area contributed by atoms with Crippen molar-refractivity contribution in [2.45, 2.75) is 277 Å². The number of aromatic hydroxyl groups is 1. The summed E-state index contributed by atoms with van der Waals surface area (Å²) < 4.78 is 141. The Bertz CT molecular complexity index is 2780. The summed E-state index contributed by atoms with van der Waals surface area (Å²) in [6.07, 6.45) is -33.6. The fourth-order valence-electron chi connectivity index (χ4n) is 14.6. The molecule has 1 aromatic rings. The minimum Gasteiger partial charge on any atom is -0.505 e. The van der Waals surface area contributed by atoms with E-state index in [2.05, 4.69) is 0 Å². The number of benzene rings is 1. The van der Waals surface area contributed by atoms with E-state index in [1.165, 1.54) is 56.1 Å². The molecule has 1 aromatic carbocycles. The summed E-state index contributed by atoms with van der Waals surface area (Å²) in [4.78, 5) is 26.3. The van der Waals surface area contributed by atoms with Crippen LogP contribution < -0.4 is 4.74 Å². The molecule has 34 heteroatoms. The van der Waals surface area contributed by atoms with Gasteiger partial charge in [0.15, 0.2) is 55.0 Å². The van der Waals surface area contributed by atoms with Crippen LogP contribution in [0.2, 0.25) is 10.0 Å². The van der Waals surface area contributed by atoms with Gasteiger partial charge in [-0.25, -0.2) is 4.79 Å². The Morgan fingerprint density at radius 1 is 0.667 bits per heavy atom. The highest BCUT2D eigenvalue weighted by molar-refractivity contribution is 6.39. The summed E-state index contributed by atoms with van der Waals surface area (Å²) >= 11 is 12.5. The van der Waals surface area contributed by atoms with Crippen LogP contribution in [0.25, 0.3) is 0 Å². The molecule has 0 aliphatic carbocycles. The number of methoxy groups -OCH3 is 4. The molecule has 10 saturated heterocycles. The molecular weight excluding hydrogens is 1290 g/mol. The van der Waals surface area contributed by atoms with E-state index in [-0.39, 0.29) is 66.2 Å². The predicted molar refractivity (Wildman–Crippen MR) is 305 cm³/mol. The van der Waals surface area contributed by atoms with Crippen LogP contribution >= 0.6 is 23.2 Å². The number of esters is 2. The maximum absolute atomic E-state index is 13.5. The average Bonchev–Trinajstić information content (AvgIpc) is 1.59. The van der Waals surface area contributed by atoms with Gasteiger partial charge in [0.05, 0.1) is 80.6 Å². The lowest BCUT2D eigenvalue weighted by Crippen LogP contribution is -2.72. The number of rotatable bonds is 17. The van der Waals surface area contributed by atoms with Crippen molar-refractivity contribution >= 4 is 35.1 Å². The van der Waals surface area contributed by atoms with Crippen molar-refractivity contribution in [1.82, 2.24) is 0 Å². The van der Waals surface area contributed by atoms with Gasteiger partial charge < -0.3 is 145 Å². The SMILES string of the molecule is COC[C@H]1O[C@@H](O[C@@H]2OC[C@@H]3O[C@]4(O[C@H]3[C@H]2OC(C)=O)O[C@H](C)[C@@](O)(C(C)O)[C@@H]2OCO[C@H]24)[C@@H](OC)[C@@H](O)[C@@H]1O[C@@H]1O[C@H](C)[C@H](OC)[C@H](O[C@H]2C[C@@]3(C)OC4(C[C@@H](O)[C@H](O[C@H]5C[C@@H](O)[C@H](OC(=O)c6c(C)c(Cl)c(O)c(Cl)c6OC)[C@@H](C)O5)[C@@H](C)O4)O[C@@H]3[C@@H](C)O2)[C@H]1O. The van der Waals surface area contributed by atoms with Gasteiger partial charge in [0.2, 0.25) is 6.29 Å². The van der Waals surface area contributed by atoms with Crippen LogP contribution in [0.15, 0.2) is 0 Å². The molecule has 0 aromatic heterocycles. The summed E-state index contributed by atoms with van der Waals surface area (Å²) in [6.45, 7) is 13.2. The molecule has 0 bridgehead atoms. The van der Waals surface area contributed by atoms with Gasteiger partial charge in [0.25, 0.3) is 5.97 Å². The number of carbonyl (C=O) groups is 2. The number of phenols is 1. The van der Waals surface area contributed by atoms with E-state index >= 15 is 0 Å². The number of hydrogen-bond donors (Lipinski definition) is 7. The van der Waals surface area contributed by atoms with Gasteiger partial charge >= 0.3 is 17.9 Å². The van der Waals surface area contributed by atoms with Gasteiger partial charge in [-0.2, -0.15) is 0 Å². The number of halogens is 2. The molecular formula is C59H86Cl2O32. The molecule has 32 atom stereocenters. The molecule has 10 heterocycles. The molecule has 7 N–H and O–H groups in total. The van der Waals surface area contributed by atoms with Gasteiger partial charge in [-0.15, -0.1) is 0 Å². The van der Waals surface area contributed by atoms with Crippen molar-refractivity contribution in [3.05, 3.63) is 21.2 Å². The Hall–Kier alpha value is -2.70. The number of hydrogen-bond acceptors (Lipinski definition) is 32. The van der Waals surface area contributed by atoms with Crippen molar-refractivity contribution in [1.29, 1.82) is 0 Å². The largest absolute Gasteiger partial charge is 0.505 e. The van der Waals surface area contributed by atoms with Crippen molar-refractivity contribution < 1.29 is 154 Å². The van der Waals surface area contributed by atoms with E-state index in [9.17, 15) is 45.3 Å². The summed E-state index contributed by atoms with van der Waals surface area (Å²) in [5.74, 6) is -6.16. The van der Waals surface area contributed by atoms with Crippen LogP contribution in [0, 0.1) is 6.92 Å². The number of ether oxygens (including phenoxy) is 23. The van der Waals surface area contributed by atoms with Crippen LogP contribution in [0.5, 0.6) is 11.5 Å². The van der Waals surface area contributed by atoms with E-state index in [0.29, 0.717) is 0 Å². The Kier molecular flexibility index (Phi) is 21.4. The fraction of sp³-hybridized carbons (Fsp3) is 0.864. The number of aliphatic hydroxyl groups excluding tert-OH is 5. The smallest absolute Gasteiger partial charge is 0.342 e. The second-order valence-electron chi connectivity index (χ2n) is 25.4. The maximum atomic E-state index is 13.5. The van der Waals surface area contributed by atoms with Crippen LogP contribution in [-0.2, 0) is 109 Å². The zero-order chi connectivity index (χ0) is 67.3. The highest BCUT2D eigenvalue weighted by atomic mass is 35.5. The van der Waals surface area contributed by atoms with E-state index in [1.54, 1.807) is 34.6 Å². The number of fused-ring (bicyclic) bond motifs is 4. The quantitative estimate of drug-likeness (QED) is 0.103. The summed E-state index contributed by atoms with van der Waals surface area (Å²) in [5.41, 5.74) is -3.13. The van der Waals surface area contributed by atoms with E-state index in [4.69, 9.17) is 132 Å². The van der Waals surface area contributed by atoms with Crippen molar-refractivity contribution in [2.24, 2.45) is 0 Å². The lowest BCUT2D eigenvalue weighted by Gasteiger charge is -2.51. The third kappa shape index (κ3) is 13.1. The molecule has 2 spiro atoms. The van der Waals surface area contributed by atoms with Gasteiger partial charge in [0.1, 0.15) is 102 Å². The third-order valence-electron chi connectivity index (χ3n) is 19.1. The summed E-state index contributed by atoms with van der Waals surface area (Å²) in [5, 5.41) is 79.6. The second-order valence-corrected chi connectivity index (χ2v) is 26.2. The fourth-order valence-corrected chi connectivity index (χ4v) is 15.1. The van der Waals surface area contributed by atoms with Gasteiger partial charge in [-0.1, -0.05) is 23.2 Å². The minimum absolute atomic E-state index is 0.00659. The van der Waals surface area contributed by atoms with Gasteiger partial charge in [-0.3, -0.25) is 4.79 Å². The topological polar surface area (TPSA) is 388 Å². The van der Waals surface area contributed by atoms with Gasteiger partial charge in [0, 0.05) is 41.1 Å². The first-order valence-electron chi connectivity index (χ1n) is 30.9. The van der Waals surface area contributed by atoms with E-state index in [0.717, 1.165) is 0 Å². The molecule has 32 nitrogen and oxygen atoms in total. The molecule has 10 fully saturated rings. The Labute approximate surface area is 545 Å². The van der Waals surface area contributed by atoms with Crippen molar-refractivity contribution in [3.63, 3.8) is 0 Å². The average molecular weight is 1380 g/mol. The molecule has 10 aliphatic heterocycles. The maximum Gasteiger partial charge on any atom is 0.342 e. The van der Waals surface area contributed by atoms with Crippen LogP contribution in [0.3, 0.4) is 0 Å². The van der Waals surface area contributed by atoms with E-state index < -0.39 is 213 Å². The lowest BCUT2D eigenvalue weighted by molar-refractivity contribution is -0.439. The van der Waals surface area contributed by atoms with Crippen LogP contribution in [0.1, 0.15) is 90.6 Å². The van der Waals surface area contributed by atoms with E-state index in [1.807, 2.05) is 0 Å². The second kappa shape index (κ2) is 27.8. The normalized spacial score (nSPS) is 48.4. The first-order chi connectivity index (χ1) is 44.0. The highest BCUT2D eigenvalue weighted by Gasteiger charge is 2.73. The molecule has 0 amide bonds. The van der Waals surface area contributed by atoms with Crippen LogP contribution in [-0.4, -0.2) is 291 Å². The number of carbonyl (C=O) groups excluding carboxylic acids is 2. The van der Waals surface area contributed by atoms with Crippen molar-refractivity contribution in [3.8, 4) is 11.5 Å². The first-order valence-corrected chi connectivity index (χ1v) is 31.7. The van der Waals surface area contributed by atoms with Crippen LogP contribution in [0.4, 0.5) is 0 Å². The molecule has 0 radical (unpaired) electrons. The standard InChI is InChI=1S/C59H86Cl2O32/c1-20-34(45(73-12)36(61)37(66)35(20)60)52(69)85-40-21(2)78-32(14-28(40)64)83-41-23(4)88-57(15-29(41)65)92-49-24(5)79-33(16-56(49,9)93-57)84-46-39(68)53(80-22(3)42(46)72-11)86-43-30(17-71-10)82-55(47(74-13)38(43)67)87-54-48(81-27(8)63)44-31(18-75-54)90-59(91-44)51-50(76-19-77-51)58(70,25(6)62)26(7)89-59/h21-26,28-33,38-44,46-51,53-55,62,64-68,70H,14-19H2,1-13H3/t21-,22-,23-,24-,25?,26-,28-,29-,30-,31+,32+,33+,38+,39-,40-,41-,42+,43-,44-,46-,47+,48-,49-,50-,51-,53+,54+,55+,56-,57?,58+,59-/m1/s1. The number of aliphatic hydroxyl groups is 6. The summed E-state index contributed by atoms with van der Waals surface area (Å²) in [7, 11) is 5.35. The number of phenolic OH excluding ortho intramolecular Hbond substituents is 1. The summed E-state index contributed by atoms with van der Waals surface area (Å²) in [6, 6.07) is 0. The Morgan fingerprint density at radius 3 is 2.01 bits per heavy atom. The molecule has 11 rings (SSSR count). The van der Waals surface area contributed by atoms with Crippen molar-refractivity contribution in [2.75, 3.05) is 48.4 Å². The monoisotopic (exact) mass is 1380 g/mol. The Balaban J connectivity index is 0.715. The molecule has 10 aliphatic rings. The zero-order valence-electron chi connectivity index (χ0n) is 53.5. The Morgan fingerprint density at radius 2 is 1.35 bits per heavy atom. The highest BCUT2D eigenvalue weighted by Crippen LogP contribution is 2.53. The lowest BCUT2D eigenvalue weighted by atomic mass is 9.80. The zero-order valence-corrected chi connectivity index (χ0v) is 55.0. The minimum atomic E-state index is -2.02. The molecule has 528 valence electrons. The molecule has 0 saturated carbocycles. The third-order valence-corrected chi connectivity index (χ3v) is 19.9. The molecule has 93 heavy (non-hydrogen) atoms. The molecule has 2 unspecified atom stereocenters. The van der Waals surface area contributed by atoms with Gasteiger partial charge in [-0.05, 0) is 61.0 Å².